The highest BCUT2D eigenvalue weighted by Gasteiger charge is 2.38. The molecule has 0 unspecified atom stereocenters. The maximum absolute atomic E-state index is 13.0. The molecule has 0 spiro atoms. The molecule has 2 fully saturated rings. The van der Waals surface area contributed by atoms with E-state index in [0.717, 1.165) is 17.7 Å². The average molecular weight is 336 g/mol. The van der Waals surface area contributed by atoms with Crippen molar-refractivity contribution < 1.29 is 14.3 Å². The first kappa shape index (κ1) is 16.5. The number of hydrogen-bond acceptors (Lipinski definition) is 4. The maximum Gasteiger partial charge on any atom is 0.252 e. The van der Waals surface area contributed by atoms with Gasteiger partial charge in [-0.25, -0.2) is 0 Å². The van der Waals surface area contributed by atoms with Crippen molar-refractivity contribution in [3.05, 3.63) is 22.4 Å². The predicted molar refractivity (Wildman–Crippen MR) is 89.2 cm³/mol. The molecular weight excluding hydrogens is 312 g/mol. The fourth-order valence-electron chi connectivity index (χ4n) is 3.40. The van der Waals surface area contributed by atoms with Crippen LogP contribution in [0.25, 0.3) is 0 Å². The van der Waals surface area contributed by atoms with E-state index in [0.29, 0.717) is 19.5 Å². The van der Waals surface area contributed by atoms with E-state index in [1.165, 1.54) is 24.2 Å². The third-order valence-corrected chi connectivity index (χ3v) is 5.54. The lowest BCUT2D eigenvalue weighted by atomic mass is 10.1. The molecule has 2 atom stereocenters. The standard InChI is InChI=1S/C17H24N2O3S/c1-2-13(22-12-6-3-4-7-12)17(21)19-10-9-18-16(20)15(19)14-8-5-11-23-14/h5,8,11-13,15H,2-4,6-7,9-10H2,1H3,(H,18,20)/t13-,15-/m0/s1. The van der Waals surface area contributed by atoms with Gasteiger partial charge in [-0.3, -0.25) is 9.59 Å². The molecule has 0 bridgehead atoms. The Kier molecular flexibility index (Phi) is 5.33. The Hall–Kier alpha value is -1.40. The molecule has 3 rings (SSSR count). The zero-order chi connectivity index (χ0) is 16.2. The number of piperazine rings is 1. The Labute approximate surface area is 141 Å². The van der Waals surface area contributed by atoms with Crippen LogP contribution < -0.4 is 5.32 Å². The van der Waals surface area contributed by atoms with Gasteiger partial charge in [-0.15, -0.1) is 11.3 Å². The van der Waals surface area contributed by atoms with E-state index in [1.54, 1.807) is 4.90 Å². The molecule has 1 aliphatic heterocycles. The number of amides is 2. The van der Waals surface area contributed by atoms with Gasteiger partial charge in [0, 0.05) is 18.0 Å². The summed E-state index contributed by atoms with van der Waals surface area (Å²) in [5.41, 5.74) is 0. The lowest BCUT2D eigenvalue weighted by molar-refractivity contribution is -0.155. The number of rotatable bonds is 5. The van der Waals surface area contributed by atoms with Crippen LogP contribution in [-0.2, 0) is 14.3 Å². The Bertz CT molecular complexity index is 540. The number of carbonyl (C=O) groups is 2. The number of carbonyl (C=O) groups excluding carboxylic acids is 2. The highest BCUT2D eigenvalue weighted by Crippen LogP contribution is 2.29. The minimum absolute atomic E-state index is 0.0485. The topological polar surface area (TPSA) is 58.6 Å². The van der Waals surface area contributed by atoms with Crippen LogP contribution in [0, 0.1) is 0 Å². The monoisotopic (exact) mass is 336 g/mol. The minimum atomic E-state index is -0.516. The van der Waals surface area contributed by atoms with Crippen molar-refractivity contribution in [3.8, 4) is 0 Å². The van der Waals surface area contributed by atoms with E-state index < -0.39 is 12.1 Å². The molecule has 2 heterocycles. The van der Waals surface area contributed by atoms with Gasteiger partial charge in [0.25, 0.3) is 5.91 Å². The van der Waals surface area contributed by atoms with E-state index in [2.05, 4.69) is 5.32 Å². The van der Waals surface area contributed by atoms with Crippen molar-refractivity contribution in [1.82, 2.24) is 10.2 Å². The molecule has 2 aliphatic rings. The molecule has 1 aromatic rings. The van der Waals surface area contributed by atoms with Gasteiger partial charge >= 0.3 is 0 Å². The summed E-state index contributed by atoms with van der Waals surface area (Å²) < 4.78 is 6.06. The van der Waals surface area contributed by atoms with Gasteiger partial charge in [-0.2, -0.15) is 0 Å². The van der Waals surface area contributed by atoms with Crippen molar-refractivity contribution in [1.29, 1.82) is 0 Å². The Morgan fingerprint density at radius 2 is 2.26 bits per heavy atom. The molecule has 23 heavy (non-hydrogen) atoms. The van der Waals surface area contributed by atoms with Crippen LogP contribution in [0.5, 0.6) is 0 Å². The second kappa shape index (κ2) is 7.45. The first-order chi connectivity index (χ1) is 11.2. The maximum atomic E-state index is 13.0. The number of ether oxygens (including phenoxy) is 1. The normalized spacial score (nSPS) is 23.8. The fraction of sp³-hybridized carbons (Fsp3) is 0.647. The summed E-state index contributed by atoms with van der Waals surface area (Å²) in [6.07, 6.45) is 4.84. The molecule has 1 N–H and O–H groups in total. The largest absolute Gasteiger partial charge is 0.365 e. The second-order valence-electron chi connectivity index (χ2n) is 6.18. The van der Waals surface area contributed by atoms with Crippen LogP contribution in [0.4, 0.5) is 0 Å². The van der Waals surface area contributed by atoms with Crippen LogP contribution in [0.3, 0.4) is 0 Å². The molecule has 6 heteroatoms. The lowest BCUT2D eigenvalue weighted by Crippen LogP contribution is -2.54. The van der Waals surface area contributed by atoms with Crippen LogP contribution in [0.15, 0.2) is 17.5 Å². The quantitative estimate of drug-likeness (QED) is 0.899. The van der Waals surface area contributed by atoms with Gasteiger partial charge < -0.3 is 15.0 Å². The predicted octanol–water partition coefficient (Wildman–Crippen LogP) is 2.49. The van der Waals surface area contributed by atoms with E-state index in [-0.39, 0.29) is 17.9 Å². The van der Waals surface area contributed by atoms with Gasteiger partial charge in [-0.05, 0) is 30.7 Å². The lowest BCUT2D eigenvalue weighted by Gasteiger charge is -2.37. The highest BCUT2D eigenvalue weighted by molar-refractivity contribution is 7.10. The summed E-state index contributed by atoms with van der Waals surface area (Å²) in [4.78, 5) is 27.9. The molecule has 0 aromatic carbocycles. The zero-order valence-electron chi connectivity index (χ0n) is 13.5. The van der Waals surface area contributed by atoms with Gasteiger partial charge in [0.15, 0.2) is 0 Å². The van der Waals surface area contributed by atoms with Crippen molar-refractivity contribution >= 4 is 23.2 Å². The number of nitrogens with zero attached hydrogens (tertiary/aromatic N) is 1. The summed E-state index contributed by atoms with van der Waals surface area (Å²) in [5, 5.41) is 4.81. The van der Waals surface area contributed by atoms with Gasteiger partial charge in [-0.1, -0.05) is 25.8 Å². The fourth-order valence-corrected chi connectivity index (χ4v) is 4.24. The van der Waals surface area contributed by atoms with Crippen LogP contribution in [-0.4, -0.2) is 42.0 Å². The number of hydrogen-bond donors (Lipinski definition) is 1. The average Bonchev–Trinajstić information content (AvgIpc) is 3.25. The van der Waals surface area contributed by atoms with Crippen LogP contribution in [0.2, 0.25) is 0 Å². The van der Waals surface area contributed by atoms with E-state index in [9.17, 15) is 9.59 Å². The smallest absolute Gasteiger partial charge is 0.252 e. The van der Waals surface area contributed by atoms with E-state index in [1.807, 2.05) is 24.4 Å². The third kappa shape index (κ3) is 3.58. The molecule has 126 valence electrons. The summed E-state index contributed by atoms with van der Waals surface area (Å²) in [7, 11) is 0. The second-order valence-corrected chi connectivity index (χ2v) is 7.16. The Balaban J connectivity index is 1.75. The molecule has 1 aromatic heterocycles. The Morgan fingerprint density at radius 1 is 1.48 bits per heavy atom. The van der Waals surface area contributed by atoms with E-state index in [4.69, 9.17) is 4.74 Å². The van der Waals surface area contributed by atoms with Crippen LogP contribution in [0.1, 0.15) is 49.9 Å². The highest BCUT2D eigenvalue weighted by atomic mass is 32.1. The molecule has 2 amide bonds. The minimum Gasteiger partial charge on any atom is -0.365 e. The SMILES string of the molecule is CC[C@H](OC1CCCC1)C(=O)N1CCNC(=O)[C@@H]1c1cccs1. The summed E-state index contributed by atoms with van der Waals surface area (Å²) >= 11 is 1.51. The van der Waals surface area contributed by atoms with Crippen molar-refractivity contribution in [2.75, 3.05) is 13.1 Å². The molecular formula is C17H24N2O3S. The first-order valence-corrected chi connectivity index (χ1v) is 9.35. The molecule has 1 aliphatic carbocycles. The first-order valence-electron chi connectivity index (χ1n) is 8.47. The third-order valence-electron chi connectivity index (χ3n) is 4.61. The van der Waals surface area contributed by atoms with Gasteiger partial charge in [0.2, 0.25) is 5.91 Å². The molecule has 1 saturated carbocycles. The zero-order valence-corrected chi connectivity index (χ0v) is 14.3. The molecule has 1 saturated heterocycles. The van der Waals surface area contributed by atoms with Gasteiger partial charge in [0.05, 0.1) is 6.10 Å². The summed E-state index contributed by atoms with van der Waals surface area (Å²) in [6, 6.07) is 3.31. The van der Waals surface area contributed by atoms with Crippen molar-refractivity contribution in [3.63, 3.8) is 0 Å². The summed E-state index contributed by atoms with van der Waals surface area (Å²) in [5.74, 6) is -0.143. The van der Waals surface area contributed by atoms with E-state index >= 15 is 0 Å². The number of thiophene rings is 1. The molecule has 5 nitrogen and oxygen atoms in total. The Morgan fingerprint density at radius 3 is 2.91 bits per heavy atom. The molecule has 0 radical (unpaired) electrons. The summed E-state index contributed by atoms with van der Waals surface area (Å²) in [6.45, 7) is 3.02. The van der Waals surface area contributed by atoms with Gasteiger partial charge in [0.1, 0.15) is 12.1 Å². The van der Waals surface area contributed by atoms with Crippen LogP contribution >= 0.6 is 11.3 Å². The van der Waals surface area contributed by atoms with Crippen molar-refractivity contribution in [2.24, 2.45) is 0 Å². The number of nitrogens with one attached hydrogen (secondary N) is 1. The van der Waals surface area contributed by atoms with Crippen molar-refractivity contribution in [2.45, 2.75) is 57.3 Å².